The summed E-state index contributed by atoms with van der Waals surface area (Å²) in [6, 6.07) is 5.99. The Morgan fingerprint density at radius 2 is 2.07 bits per heavy atom. The van der Waals surface area contributed by atoms with E-state index >= 15 is 0 Å². The number of allylic oxidation sites excluding steroid dienone is 2. The molecular formula is C23H29F2N3O2. The molecule has 1 saturated carbocycles. The minimum Gasteiger partial charge on any atom is -0.380 e. The van der Waals surface area contributed by atoms with Gasteiger partial charge in [-0.15, -0.1) is 0 Å². The summed E-state index contributed by atoms with van der Waals surface area (Å²) in [6.45, 7) is 6.98. The number of likely N-dealkylation sites (N-methyl/N-ethyl adjacent to an activating group) is 1. The standard InChI is InChI=1S/C23H29F2N3O2/c1-5-30-13-15(3)28-20-9-16(17-8-14(2)22(29)27(4)12-17)6-7-19(20)26-21(28)18-10-23(24,25)11-18/h6-9,12,15,18,22,29H,5,10-11,13H2,1-4H3/t15-,22?/m1/s1. The lowest BCUT2D eigenvalue weighted by atomic mass is 9.80. The van der Waals surface area contributed by atoms with Crippen LogP contribution in [0.15, 0.2) is 36.0 Å². The van der Waals surface area contributed by atoms with E-state index in [1.54, 1.807) is 4.90 Å². The van der Waals surface area contributed by atoms with E-state index in [9.17, 15) is 13.9 Å². The molecule has 0 saturated heterocycles. The third-order valence-corrected chi connectivity index (χ3v) is 6.03. The third kappa shape index (κ3) is 3.76. The minimum atomic E-state index is -2.59. The van der Waals surface area contributed by atoms with Gasteiger partial charge >= 0.3 is 0 Å². The number of benzene rings is 1. The zero-order valence-electron chi connectivity index (χ0n) is 17.9. The van der Waals surface area contributed by atoms with Crippen molar-refractivity contribution in [1.29, 1.82) is 0 Å². The molecular weight excluding hydrogens is 388 g/mol. The Hall–Kier alpha value is -2.25. The number of rotatable bonds is 6. The van der Waals surface area contributed by atoms with Crippen LogP contribution in [-0.2, 0) is 4.74 Å². The van der Waals surface area contributed by atoms with E-state index in [0.717, 1.165) is 33.6 Å². The largest absolute Gasteiger partial charge is 0.380 e. The third-order valence-electron chi connectivity index (χ3n) is 6.03. The highest BCUT2D eigenvalue weighted by Gasteiger charge is 2.48. The molecule has 0 spiro atoms. The van der Waals surface area contributed by atoms with Crippen LogP contribution in [0.2, 0.25) is 0 Å². The van der Waals surface area contributed by atoms with Crippen molar-refractivity contribution in [3.8, 4) is 0 Å². The summed E-state index contributed by atoms with van der Waals surface area (Å²) in [6.07, 6.45) is 2.96. The van der Waals surface area contributed by atoms with Gasteiger partial charge in [0.05, 0.1) is 23.7 Å². The summed E-state index contributed by atoms with van der Waals surface area (Å²) in [5, 5.41) is 10.1. The summed E-state index contributed by atoms with van der Waals surface area (Å²) in [5.41, 5.74) is 4.58. The van der Waals surface area contributed by atoms with Crippen LogP contribution in [0.25, 0.3) is 16.6 Å². The molecule has 30 heavy (non-hydrogen) atoms. The molecule has 162 valence electrons. The summed E-state index contributed by atoms with van der Waals surface area (Å²) in [4.78, 5) is 6.52. The molecule has 2 atom stereocenters. The lowest BCUT2D eigenvalue weighted by Crippen LogP contribution is -2.35. The van der Waals surface area contributed by atoms with Gasteiger partial charge in [0.1, 0.15) is 12.1 Å². The highest BCUT2D eigenvalue weighted by atomic mass is 19.3. The number of aliphatic hydroxyl groups excluding tert-OH is 1. The van der Waals surface area contributed by atoms with E-state index in [0.29, 0.717) is 13.2 Å². The van der Waals surface area contributed by atoms with Crippen LogP contribution in [0.1, 0.15) is 57.0 Å². The lowest BCUT2D eigenvalue weighted by Gasteiger charge is -2.35. The van der Waals surface area contributed by atoms with Crippen molar-refractivity contribution < 1.29 is 18.6 Å². The fourth-order valence-electron chi connectivity index (χ4n) is 4.38. The van der Waals surface area contributed by atoms with E-state index in [1.165, 1.54) is 0 Å². The molecule has 0 amide bonds. The number of fused-ring (bicyclic) bond motifs is 1. The molecule has 1 aliphatic heterocycles. The number of nitrogens with zero attached hydrogens (tertiary/aromatic N) is 3. The molecule has 2 aliphatic rings. The van der Waals surface area contributed by atoms with Crippen LogP contribution in [0.3, 0.4) is 0 Å². The Morgan fingerprint density at radius 1 is 1.33 bits per heavy atom. The number of halogens is 2. The monoisotopic (exact) mass is 417 g/mol. The zero-order chi connectivity index (χ0) is 21.6. The van der Waals surface area contributed by atoms with Crippen LogP contribution in [0, 0.1) is 0 Å². The predicted octanol–water partition coefficient (Wildman–Crippen LogP) is 4.70. The molecule has 7 heteroatoms. The second-order valence-corrected chi connectivity index (χ2v) is 8.53. The summed E-state index contributed by atoms with van der Waals surface area (Å²) < 4.78 is 34.9. The second-order valence-electron chi connectivity index (χ2n) is 8.53. The maximum atomic E-state index is 13.6. The van der Waals surface area contributed by atoms with Crippen LogP contribution >= 0.6 is 0 Å². The molecule has 0 bridgehead atoms. The number of alkyl halides is 2. The number of ether oxygens (including phenoxy) is 1. The van der Waals surface area contributed by atoms with Crippen LogP contribution < -0.4 is 0 Å². The van der Waals surface area contributed by atoms with Gasteiger partial charge in [0, 0.05) is 38.6 Å². The molecule has 2 heterocycles. The number of hydrogen-bond acceptors (Lipinski definition) is 4. The van der Waals surface area contributed by atoms with Crippen molar-refractivity contribution in [2.45, 2.75) is 57.7 Å². The van der Waals surface area contributed by atoms with E-state index in [-0.39, 0.29) is 24.8 Å². The average Bonchev–Trinajstić information content (AvgIpc) is 3.06. The maximum absolute atomic E-state index is 13.6. The normalized spacial score (nSPS) is 22.6. The Bertz CT molecular complexity index is 1000. The molecule has 1 aromatic heterocycles. The van der Waals surface area contributed by atoms with Gasteiger partial charge in [-0.3, -0.25) is 0 Å². The minimum absolute atomic E-state index is 0.0171. The summed E-state index contributed by atoms with van der Waals surface area (Å²) in [7, 11) is 1.84. The topological polar surface area (TPSA) is 50.5 Å². The Kier molecular flexibility index (Phi) is 5.45. The van der Waals surface area contributed by atoms with Crippen molar-refractivity contribution in [3.63, 3.8) is 0 Å². The van der Waals surface area contributed by atoms with Crippen molar-refractivity contribution in [1.82, 2.24) is 14.5 Å². The van der Waals surface area contributed by atoms with E-state index in [1.807, 2.05) is 52.2 Å². The number of hydrogen-bond donors (Lipinski definition) is 1. The summed E-state index contributed by atoms with van der Waals surface area (Å²) >= 11 is 0. The highest BCUT2D eigenvalue weighted by Crippen LogP contribution is 2.49. The lowest BCUT2D eigenvalue weighted by molar-refractivity contribution is -0.0893. The van der Waals surface area contributed by atoms with Gasteiger partial charge in [-0.05, 0) is 55.7 Å². The van der Waals surface area contributed by atoms with Crippen LogP contribution in [-0.4, -0.2) is 52.0 Å². The zero-order valence-corrected chi connectivity index (χ0v) is 17.9. The van der Waals surface area contributed by atoms with Crippen LogP contribution in [0.5, 0.6) is 0 Å². The van der Waals surface area contributed by atoms with E-state index in [4.69, 9.17) is 9.72 Å². The Morgan fingerprint density at radius 3 is 2.70 bits per heavy atom. The molecule has 1 aliphatic carbocycles. The quantitative estimate of drug-likeness (QED) is 0.740. The molecule has 1 N–H and O–H groups in total. The average molecular weight is 418 g/mol. The van der Waals surface area contributed by atoms with Gasteiger partial charge in [-0.2, -0.15) is 0 Å². The smallest absolute Gasteiger partial charge is 0.249 e. The van der Waals surface area contributed by atoms with Crippen molar-refractivity contribution >= 4 is 16.6 Å². The van der Waals surface area contributed by atoms with Gasteiger partial charge in [-0.25, -0.2) is 13.8 Å². The Labute approximate surface area is 175 Å². The predicted molar refractivity (Wildman–Crippen MR) is 113 cm³/mol. The van der Waals surface area contributed by atoms with Gasteiger partial charge in [0.25, 0.3) is 0 Å². The maximum Gasteiger partial charge on any atom is 0.249 e. The number of aromatic nitrogens is 2. The first-order chi connectivity index (χ1) is 14.2. The van der Waals surface area contributed by atoms with Gasteiger partial charge in [0.15, 0.2) is 0 Å². The highest BCUT2D eigenvalue weighted by molar-refractivity contribution is 5.85. The first kappa shape index (κ1) is 21.0. The molecule has 1 unspecified atom stereocenters. The molecule has 4 rings (SSSR count). The summed E-state index contributed by atoms with van der Waals surface area (Å²) in [5.74, 6) is -2.11. The second kappa shape index (κ2) is 7.78. The van der Waals surface area contributed by atoms with Crippen molar-refractivity contribution in [2.24, 2.45) is 0 Å². The first-order valence-electron chi connectivity index (χ1n) is 10.5. The fraction of sp³-hybridized carbons (Fsp3) is 0.522. The van der Waals surface area contributed by atoms with Crippen LogP contribution in [0.4, 0.5) is 8.78 Å². The SMILES string of the molecule is CCOC[C@@H](C)n1c(C2CC(F)(F)C2)nc2ccc(C3=CN(C)C(O)C(C)=C3)cc21. The first-order valence-corrected chi connectivity index (χ1v) is 10.5. The molecule has 1 aromatic carbocycles. The van der Waals surface area contributed by atoms with Gasteiger partial charge in [0.2, 0.25) is 5.92 Å². The molecule has 2 aromatic rings. The fourth-order valence-corrected chi connectivity index (χ4v) is 4.38. The van der Waals surface area contributed by atoms with E-state index < -0.39 is 12.2 Å². The van der Waals surface area contributed by atoms with Crippen molar-refractivity contribution in [3.05, 3.63) is 47.4 Å². The Balaban J connectivity index is 1.78. The van der Waals surface area contributed by atoms with E-state index in [2.05, 4.69) is 10.6 Å². The molecule has 1 fully saturated rings. The number of imidazole rings is 1. The van der Waals surface area contributed by atoms with Gasteiger partial charge < -0.3 is 19.3 Å². The molecule has 5 nitrogen and oxygen atoms in total. The molecule has 0 radical (unpaired) electrons. The van der Waals surface area contributed by atoms with Crippen molar-refractivity contribution in [2.75, 3.05) is 20.3 Å². The van der Waals surface area contributed by atoms with Gasteiger partial charge in [-0.1, -0.05) is 6.07 Å². The number of aliphatic hydroxyl groups is 1.